The molecule has 4 rings (SSSR count). The molecule has 2 heterocycles. The number of halogens is 1. The van der Waals surface area contributed by atoms with E-state index in [1.807, 2.05) is 57.2 Å². The van der Waals surface area contributed by atoms with Crippen LogP contribution >= 0.6 is 22.9 Å². The van der Waals surface area contributed by atoms with Gasteiger partial charge >= 0.3 is 5.97 Å². The number of carbonyl (C=O) groups excluding carboxylic acids is 4. The van der Waals surface area contributed by atoms with Gasteiger partial charge in [-0.2, -0.15) is 5.10 Å². The number of ether oxygens (including phenoxy) is 1. The van der Waals surface area contributed by atoms with Gasteiger partial charge in [-0.1, -0.05) is 100 Å². The first-order chi connectivity index (χ1) is 24.3. The number of unbranched alkanes of at least 4 members (excludes halogenated alkanes) is 1. The molecule has 0 saturated heterocycles. The first-order valence-electron chi connectivity index (χ1n) is 16.8. The molecule has 2 atom stereocenters. The second-order valence-electron chi connectivity index (χ2n) is 13.7. The van der Waals surface area contributed by atoms with E-state index in [1.165, 1.54) is 11.3 Å². The van der Waals surface area contributed by atoms with Crippen LogP contribution in [0, 0.1) is 11.3 Å². The Hall–Kier alpha value is -4.75. The molecule has 1 unspecified atom stereocenters. The van der Waals surface area contributed by atoms with Gasteiger partial charge in [0, 0.05) is 23.4 Å². The fraction of sp³-hybridized carbons (Fsp3) is 0.405. The Morgan fingerprint density at radius 1 is 0.843 bits per heavy atom. The zero-order valence-electron chi connectivity index (χ0n) is 29.4. The zero-order chi connectivity index (χ0) is 37.0. The number of hydrogen-bond donors (Lipinski definition) is 3. The number of nitrogens with one attached hydrogen (secondary N) is 3. The maximum Gasteiger partial charge on any atom is 0.330 e. The fourth-order valence-corrected chi connectivity index (χ4v) is 6.01. The first-order valence-corrected chi connectivity index (χ1v) is 18.0. The van der Waals surface area contributed by atoms with Gasteiger partial charge in [-0.15, -0.1) is 15.3 Å². The monoisotopic (exact) mass is 733 g/mol. The van der Waals surface area contributed by atoms with Crippen molar-refractivity contribution in [3.8, 4) is 0 Å². The van der Waals surface area contributed by atoms with Crippen molar-refractivity contribution in [2.24, 2.45) is 11.3 Å². The molecule has 3 N–H and O–H groups in total. The summed E-state index contributed by atoms with van der Waals surface area (Å²) in [6, 6.07) is 18.6. The molecule has 2 aromatic carbocycles. The Labute approximate surface area is 307 Å². The van der Waals surface area contributed by atoms with Crippen LogP contribution in [0.25, 0.3) is 0 Å². The molecule has 2 aromatic heterocycles. The van der Waals surface area contributed by atoms with Crippen molar-refractivity contribution in [1.82, 2.24) is 25.7 Å². The molecule has 0 saturated carbocycles. The van der Waals surface area contributed by atoms with Gasteiger partial charge < -0.3 is 15.4 Å². The van der Waals surface area contributed by atoms with Gasteiger partial charge in [-0.05, 0) is 60.4 Å². The number of amides is 3. The summed E-state index contributed by atoms with van der Waals surface area (Å²) in [6.07, 6.45) is 2.05. The van der Waals surface area contributed by atoms with Crippen molar-refractivity contribution in [3.63, 3.8) is 0 Å². The maximum absolute atomic E-state index is 13.5. The summed E-state index contributed by atoms with van der Waals surface area (Å²) in [5.41, 5.74) is 1.82. The van der Waals surface area contributed by atoms with Crippen molar-refractivity contribution >= 4 is 57.6 Å². The highest BCUT2D eigenvalue weighted by Crippen LogP contribution is 2.26. The molecule has 0 radical (unpaired) electrons. The van der Waals surface area contributed by atoms with Crippen molar-refractivity contribution < 1.29 is 23.9 Å². The lowest BCUT2D eigenvalue weighted by Gasteiger charge is -2.26. The second kappa shape index (κ2) is 18.5. The second-order valence-corrected chi connectivity index (χ2v) is 15.2. The summed E-state index contributed by atoms with van der Waals surface area (Å²) in [6.45, 7) is 9.38. The average molecular weight is 734 g/mol. The summed E-state index contributed by atoms with van der Waals surface area (Å²) in [5, 5.41) is 26.3. The smallest absolute Gasteiger partial charge is 0.330 e. The van der Waals surface area contributed by atoms with Crippen molar-refractivity contribution in [2.45, 2.75) is 85.3 Å². The first kappa shape index (κ1) is 39.0. The zero-order valence-corrected chi connectivity index (χ0v) is 31.0. The lowest BCUT2D eigenvalue weighted by Crippen LogP contribution is -2.47. The quantitative estimate of drug-likeness (QED) is 0.0858. The summed E-state index contributed by atoms with van der Waals surface area (Å²) < 4.78 is 5.76. The average Bonchev–Trinajstić information content (AvgIpc) is 3.51. The van der Waals surface area contributed by atoms with E-state index in [4.69, 9.17) is 16.3 Å². The van der Waals surface area contributed by atoms with Crippen LogP contribution in [0.3, 0.4) is 0 Å². The standard InChI is InChI=1S/C37H44ClN7O5S/c1-23(2)32(40-30(47)22-37(3,4)5)35(49)50-33(25-14-11-15-26(38)21-25)34(48)41-36-45-44-31(51-36)17-10-9-16-27-18-19-28(43-42-27)39-29(46)20-24-12-7-6-8-13-24/h6-8,11-15,18-19,21,23,32-33H,9-10,16-17,20,22H2,1-5H3,(H,40,47)(H,39,43,46)(H,41,45,48)/t32-,33?/m0/s1. The Kier molecular flexibility index (Phi) is 14.1. The minimum Gasteiger partial charge on any atom is -0.446 e. The third-order valence-corrected chi connectivity index (χ3v) is 8.65. The van der Waals surface area contributed by atoms with Gasteiger partial charge in [0.25, 0.3) is 5.91 Å². The number of esters is 1. The van der Waals surface area contributed by atoms with E-state index < -0.39 is 24.0 Å². The number of rotatable bonds is 16. The van der Waals surface area contributed by atoms with Crippen molar-refractivity contribution in [2.75, 3.05) is 10.6 Å². The summed E-state index contributed by atoms with van der Waals surface area (Å²) in [7, 11) is 0. The van der Waals surface area contributed by atoms with Crippen LogP contribution in [0.5, 0.6) is 0 Å². The number of aryl methyl sites for hydroxylation is 2. The molecule has 270 valence electrons. The van der Waals surface area contributed by atoms with Crippen LogP contribution in [0.15, 0.2) is 66.7 Å². The molecule has 0 aliphatic rings. The van der Waals surface area contributed by atoms with E-state index in [-0.39, 0.29) is 41.1 Å². The molecule has 51 heavy (non-hydrogen) atoms. The highest BCUT2D eigenvalue weighted by atomic mass is 35.5. The lowest BCUT2D eigenvalue weighted by atomic mass is 9.91. The van der Waals surface area contributed by atoms with Crippen LogP contribution in [0.2, 0.25) is 5.02 Å². The molecule has 0 bridgehead atoms. The molecule has 0 spiro atoms. The van der Waals surface area contributed by atoms with Crippen LogP contribution in [0.1, 0.15) is 81.8 Å². The van der Waals surface area contributed by atoms with Gasteiger partial charge in [-0.3, -0.25) is 19.7 Å². The van der Waals surface area contributed by atoms with E-state index in [0.29, 0.717) is 29.2 Å². The number of anilines is 2. The molecular weight excluding hydrogens is 690 g/mol. The van der Waals surface area contributed by atoms with E-state index >= 15 is 0 Å². The van der Waals surface area contributed by atoms with Gasteiger partial charge in [0.15, 0.2) is 5.82 Å². The van der Waals surface area contributed by atoms with Crippen LogP contribution < -0.4 is 16.0 Å². The molecular formula is C37H44ClN7O5S. The predicted octanol–water partition coefficient (Wildman–Crippen LogP) is 6.53. The van der Waals surface area contributed by atoms with E-state index in [9.17, 15) is 19.2 Å². The highest BCUT2D eigenvalue weighted by molar-refractivity contribution is 7.15. The molecule has 14 heteroatoms. The van der Waals surface area contributed by atoms with E-state index in [2.05, 4.69) is 36.3 Å². The number of nitrogens with zero attached hydrogens (tertiary/aromatic N) is 4. The molecule has 0 aliphatic heterocycles. The van der Waals surface area contributed by atoms with Gasteiger partial charge in [-0.25, -0.2) is 4.79 Å². The minimum atomic E-state index is -1.35. The summed E-state index contributed by atoms with van der Waals surface area (Å²) in [4.78, 5) is 51.9. The molecule has 3 amide bonds. The number of aromatic nitrogens is 4. The highest BCUT2D eigenvalue weighted by Gasteiger charge is 2.33. The van der Waals surface area contributed by atoms with Crippen molar-refractivity contribution in [3.05, 3.63) is 93.6 Å². The minimum absolute atomic E-state index is 0.159. The van der Waals surface area contributed by atoms with Crippen LogP contribution in [-0.2, 0) is 43.2 Å². The largest absolute Gasteiger partial charge is 0.446 e. The third-order valence-electron chi connectivity index (χ3n) is 7.52. The fourth-order valence-electron chi connectivity index (χ4n) is 5.02. The molecule has 4 aromatic rings. The maximum atomic E-state index is 13.5. The van der Waals surface area contributed by atoms with Gasteiger partial charge in [0.2, 0.25) is 23.0 Å². The third kappa shape index (κ3) is 13.1. The summed E-state index contributed by atoms with van der Waals surface area (Å²) >= 11 is 7.44. The summed E-state index contributed by atoms with van der Waals surface area (Å²) in [5.74, 6) is -1.70. The predicted molar refractivity (Wildman–Crippen MR) is 197 cm³/mol. The normalized spacial score (nSPS) is 12.5. The molecule has 12 nitrogen and oxygen atoms in total. The molecule has 0 aliphatic carbocycles. The number of hydrogen-bond acceptors (Lipinski definition) is 10. The molecule has 0 fully saturated rings. The Bertz CT molecular complexity index is 1780. The Morgan fingerprint density at radius 3 is 2.25 bits per heavy atom. The number of benzene rings is 2. The SMILES string of the molecule is CC(C)[C@H](NC(=O)CC(C)(C)C)C(=O)OC(C(=O)Nc1nnc(CCCCc2ccc(NC(=O)Cc3ccccc3)nn2)s1)c1cccc(Cl)c1. The van der Waals surface area contributed by atoms with Crippen LogP contribution in [-0.4, -0.2) is 50.1 Å². The Morgan fingerprint density at radius 2 is 1.59 bits per heavy atom. The van der Waals surface area contributed by atoms with E-state index in [1.54, 1.807) is 44.2 Å². The van der Waals surface area contributed by atoms with Gasteiger partial charge in [0.1, 0.15) is 11.0 Å². The Balaban J connectivity index is 1.29. The topological polar surface area (TPSA) is 165 Å². The number of carbonyl (C=O) groups is 4. The van der Waals surface area contributed by atoms with Crippen molar-refractivity contribution in [1.29, 1.82) is 0 Å². The van der Waals surface area contributed by atoms with E-state index in [0.717, 1.165) is 29.1 Å². The van der Waals surface area contributed by atoms with Crippen LogP contribution in [0.4, 0.5) is 10.9 Å². The van der Waals surface area contributed by atoms with Gasteiger partial charge in [0.05, 0.1) is 12.1 Å². The lowest BCUT2D eigenvalue weighted by molar-refractivity contribution is -0.159.